The van der Waals surface area contributed by atoms with Crippen molar-refractivity contribution in [3.8, 4) is 6.07 Å². The van der Waals surface area contributed by atoms with Crippen LogP contribution in [0.5, 0.6) is 0 Å². The van der Waals surface area contributed by atoms with E-state index < -0.39 is 5.66 Å². The lowest BCUT2D eigenvalue weighted by atomic mass is 9.89. The summed E-state index contributed by atoms with van der Waals surface area (Å²) in [6, 6.07) is 9.85. The molecule has 0 unspecified atom stereocenters. The van der Waals surface area contributed by atoms with Crippen molar-refractivity contribution in [2.24, 2.45) is 26.6 Å². The van der Waals surface area contributed by atoms with Crippen molar-refractivity contribution in [2.75, 3.05) is 0 Å². The van der Waals surface area contributed by atoms with Crippen molar-refractivity contribution in [2.45, 2.75) is 25.9 Å². The molecule has 0 saturated heterocycles. The number of hydrogen-bond acceptors (Lipinski definition) is 5. The van der Waals surface area contributed by atoms with E-state index in [1.807, 2.05) is 38.1 Å². The van der Waals surface area contributed by atoms with Crippen LogP contribution in [-0.4, -0.2) is 0 Å². The minimum Gasteiger partial charge on any atom is -0.198 e. The predicted molar refractivity (Wildman–Crippen MR) is 62.0 cm³/mol. The fourth-order valence-corrected chi connectivity index (χ4v) is 1.84. The molecule has 0 radical (unpaired) electrons. The Hall–Kier alpha value is -2.09. The van der Waals surface area contributed by atoms with Crippen LogP contribution < -0.4 is 0 Å². The zero-order chi connectivity index (χ0) is 12.3. The third kappa shape index (κ3) is 1.94. The van der Waals surface area contributed by atoms with Crippen LogP contribution in [0.15, 0.2) is 44.9 Å². The molecule has 2 rings (SSSR count). The van der Waals surface area contributed by atoms with Gasteiger partial charge in [0.25, 0.3) is 0 Å². The summed E-state index contributed by atoms with van der Waals surface area (Å²) in [6.07, 6.45) is 0.415. The zero-order valence-electron chi connectivity index (χ0n) is 9.83. The molecule has 1 aromatic carbocycles. The second kappa shape index (κ2) is 4.42. The summed E-state index contributed by atoms with van der Waals surface area (Å²) < 4.78 is 0. The van der Waals surface area contributed by atoms with Gasteiger partial charge in [-0.25, -0.2) is 0 Å². The first-order valence-corrected chi connectivity index (χ1v) is 5.49. The van der Waals surface area contributed by atoms with Crippen LogP contribution >= 0.6 is 0 Å². The SMILES string of the molecule is CC(C)C1(c2ccc(CC#N)cc2)N=NN=N1. The molecule has 86 valence electrons. The highest BCUT2D eigenvalue weighted by Crippen LogP contribution is 2.39. The van der Waals surface area contributed by atoms with E-state index in [-0.39, 0.29) is 5.92 Å². The van der Waals surface area contributed by atoms with E-state index in [0.29, 0.717) is 6.42 Å². The van der Waals surface area contributed by atoms with E-state index in [1.165, 1.54) is 0 Å². The molecule has 0 spiro atoms. The Balaban J connectivity index is 2.36. The van der Waals surface area contributed by atoms with Crippen molar-refractivity contribution in [3.05, 3.63) is 35.4 Å². The molecule has 0 bridgehead atoms. The van der Waals surface area contributed by atoms with Gasteiger partial charge in [0.15, 0.2) is 0 Å². The Labute approximate surface area is 99.9 Å². The maximum atomic E-state index is 8.62. The topological polar surface area (TPSA) is 73.2 Å². The molecule has 0 atom stereocenters. The van der Waals surface area contributed by atoms with Gasteiger partial charge >= 0.3 is 0 Å². The van der Waals surface area contributed by atoms with Gasteiger partial charge in [-0.3, -0.25) is 0 Å². The third-order valence-electron chi connectivity index (χ3n) is 2.90. The Morgan fingerprint density at radius 1 is 1.18 bits per heavy atom. The third-order valence-corrected chi connectivity index (χ3v) is 2.90. The number of hydrogen-bond donors (Lipinski definition) is 0. The number of rotatable bonds is 3. The highest BCUT2D eigenvalue weighted by Gasteiger charge is 2.38. The fourth-order valence-electron chi connectivity index (χ4n) is 1.84. The van der Waals surface area contributed by atoms with E-state index >= 15 is 0 Å². The summed E-state index contributed by atoms with van der Waals surface area (Å²) in [5.41, 5.74) is 1.26. The molecule has 0 saturated carbocycles. The van der Waals surface area contributed by atoms with Gasteiger partial charge in [0, 0.05) is 11.5 Å². The van der Waals surface area contributed by atoms with Crippen LogP contribution in [0.2, 0.25) is 0 Å². The van der Waals surface area contributed by atoms with Gasteiger partial charge in [0.05, 0.1) is 12.5 Å². The highest BCUT2D eigenvalue weighted by molar-refractivity contribution is 5.30. The van der Waals surface area contributed by atoms with E-state index in [0.717, 1.165) is 11.1 Å². The first-order chi connectivity index (χ1) is 8.19. The maximum Gasteiger partial charge on any atom is 0.222 e. The molecule has 5 nitrogen and oxygen atoms in total. The molecule has 0 aromatic heterocycles. The summed E-state index contributed by atoms with van der Waals surface area (Å²) >= 11 is 0. The van der Waals surface area contributed by atoms with E-state index in [1.54, 1.807) is 0 Å². The van der Waals surface area contributed by atoms with Crippen molar-refractivity contribution in [3.63, 3.8) is 0 Å². The molecule has 0 fully saturated rings. The van der Waals surface area contributed by atoms with Crippen LogP contribution in [0.3, 0.4) is 0 Å². The van der Waals surface area contributed by atoms with Gasteiger partial charge in [-0.15, -0.1) is 10.2 Å². The largest absolute Gasteiger partial charge is 0.222 e. The zero-order valence-corrected chi connectivity index (χ0v) is 9.83. The molecule has 0 N–H and O–H groups in total. The van der Waals surface area contributed by atoms with Gasteiger partial charge in [-0.1, -0.05) is 38.1 Å². The molecule has 0 amide bonds. The second-order valence-corrected chi connectivity index (χ2v) is 4.29. The van der Waals surface area contributed by atoms with Gasteiger partial charge in [0.2, 0.25) is 5.66 Å². The Bertz CT molecular complexity index is 481. The van der Waals surface area contributed by atoms with Crippen LogP contribution in [-0.2, 0) is 12.1 Å². The average Bonchev–Trinajstić information content (AvgIpc) is 2.81. The van der Waals surface area contributed by atoms with Crippen molar-refractivity contribution >= 4 is 0 Å². The summed E-state index contributed by atoms with van der Waals surface area (Å²) in [5.74, 6) is 0.180. The first-order valence-electron chi connectivity index (χ1n) is 5.49. The van der Waals surface area contributed by atoms with Crippen LogP contribution in [0.25, 0.3) is 0 Å². The molecular formula is C12H13N5. The Kier molecular flexibility index (Phi) is 2.96. The summed E-state index contributed by atoms with van der Waals surface area (Å²) in [5, 5.41) is 24.1. The van der Waals surface area contributed by atoms with Crippen molar-refractivity contribution < 1.29 is 0 Å². The van der Waals surface area contributed by atoms with Crippen LogP contribution in [0, 0.1) is 17.2 Å². The monoisotopic (exact) mass is 227 g/mol. The minimum absolute atomic E-state index is 0.180. The Morgan fingerprint density at radius 3 is 2.24 bits per heavy atom. The molecule has 0 aliphatic carbocycles. The van der Waals surface area contributed by atoms with E-state index in [2.05, 4.69) is 26.7 Å². The summed E-state index contributed by atoms with van der Waals surface area (Å²) in [7, 11) is 0. The Morgan fingerprint density at radius 2 is 1.76 bits per heavy atom. The average molecular weight is 227 g/mol. The van der Waals surface area contributed by atoms with Crippen molar-refractivity contribution in [1.29, 1.82) is 5.26 Å². The van der Waals surface area contributed by atoms with E-state index in [9.17, 15) is 0 Å². The molecular weight excluding hydrogens is 214 g/mol. The molecule has 1 heterocycles. The van der Waals surface area contributed by atoms with Crippen LogP contribution in [0.1, 0.15) is 25.0 Å². The first kappa shape index (κ1) is 11.4. The van der Waals surface area contributed by atoms with Crippen LogP contribution in [0.4, 0.5) is 0 Å². The lowest BCUT2D eigenvalue weighted by molar-refractivity contribution is 0.330. The molecule has 1 aliphatic heterocycles. The standard InChI is InChI=1S/C12H13N5/c1-9(2)12(14-16-17-15-12)11-5-3-10(4-6-11)7-8-13/h3-6,9H,7H2,1-2H3. The lowest BCUT2D eigenvalue weighted by Crippen LogP contribution is -2.25. The number of benzene rings is 1. The quantitative estimate of drug-likeness (QED) is 0.779. The smallest absolute Gasteiger partial charge is 0.198 e. The van der Waals surface area contributed by atoms with Gasteiger partial charge in [-0.05, 0) is 16.0 Å². The number of nitriles is 1. The molecule has 1 aliphatic rings. The normalized spacial score (nSPS) is 16.4. The maximum absolute atomic E-state index is 8.62. The predicted octanol–water partition coefficient (Wildman–Crippen LogP) is 3.39. The second-order valence-electron chi connectivity index (χ2n) is 4.29. The lowest BCUT2D eigenvalue weighted by Gasteiger charge is -2.24. The van der Waals surface area contributed by atoms with Gasteiger partial charge in [-0.2, -0.15) is 5.26 Å². The fraction of sp³-hybridized carbons (Fsp3) is 0.417. The minimum atomic E-state index is -0.689. The van der Waals surface area contributed by atoms with Crippen molar-refractivity contribution in [1.82, 2.24) is 0 Å². The molecule has 1 aromatic rings. The molecule has 5 heteroatoms. The highest BCUT2D eigenvalue weighted by atomic mass is 15.6. The summed E-state index contributed by atoms with van der Waals surface area (Å²) in [6.45, 7) is 4.07. The summed E-state index contributed by atoms with van der Waals surface area (Å²) in [4.78, 5) is 0. The van der Waals surface area contributed by atoms with Gasteiger partial charge in [0.1, 0.15) is 0 Å². The van der Waals surface area contributed by atoms with E-state index in [4.69, 9.17) is 5.26 Å². The molecule has 17 heavy (non-hydrogen) atoms. The number of nitrogens with zero attached hydrogens (tertiary/aromatic N) is 5. The van der Waals surface area contributed by atoms with Gasteiger partial charge < -0.3 is 0 Å².